The average Bonchev–Trinajstić information content (AvgIpc) is 3.24. The lowest BCUT2D eigenvalue weighted by Crippen LogP contribution is -2.37. The van der Waals surface area contributed by atoms with Crippen molar-refractivity contribution in [2.75, 3.05) is 44.5 Å². The van der Waals surface area contributed by atoms with Gasteiger partial charge in [0.1, 0.15) is 0 Å². The van der Waals surface area contributed by atoms with Crippen LogP contribution in [0.5, 0.6) is 11.5 Å². The van der Waals surface area contributed by atoms with Crippen molar-refractivity contribution in [1.82, 2.24) is 10.6 Å². The summed E-state index contributed by atoms with van der Waals surface area (Å²) in [5, 5.41) is 6.71. The quantitative estimate of drug-likeness (QED) is 0.578. The maximum absolute atomic E-state index is 5.44. The van der Waals surface area contributed by atoms with Crippen molar-refractivity contribution in [2.24, 2.45) is 4.99 Å². The Bertz CT molecular complexity index is 832. The maximum atomic E-state index is 5.44. The molecule has 4 rings (SSSR count). The molecule has 0 radical (unpaired) electrons. The molecule has 0 bridgehead atoms. The Morgan fingerprint density at radius 3 is 2.52 bits per heavy atom. The summed E-state index contributed by atoms with van der Waals surface area (Å²) in [7, 11) is 0. The third kappa shape index (κ3) is 5.12. The average molecular weight is 396 g/mol. The first-order chi connectivity index (χ1) is 14.3. The van der Waals surface area contributed by atoms with Gasteiger partial charge in [0.05, 0.1) is 19.8 Å². The van der Waals surface area contributed by atoms with Crippen molar-refractivity contribution in [3.63, 3.8) is 0 Å². The van der Waals surface area contributed by atoms with Crippen LogP contribution in [0.2, 0.25) is 0 Å². The minimum Gasteiger partial charge on any atom is -0.454 e. The monoisotopic (exact) mass is 396 g/mol. The molecule has 0 spiro atoms. The van der Waals surface area contributed by atoms with E-state index in [1.807, 2.05) is 18.2 Å². The van der Waals surface area contributed by atoms with Gasteiger partial charge in [-0.3, -0.25) is 0 Å². The lowest BCUT2D eigenvalue weighted by Gasteiger charge is -2.28. The molecule has 7 nitrogen and oxygen atoms in total. The number of rotatable bonds is 6. The highest BCUT2D eigenvalue weighted by atomic mass is 16.7. The van der Waals surface area contributed by atoms with E-state index < -0.39 is 0 Å². The number of morpholine rings is 1. The molecule has 0 aromatic heterocycles. The van der Waals surface area contributed by atoms with Gasteiger partial charge in [0.2, 0.25) is 6.79 Å². The Morgan fingerprint density at radius 1 is 0.966 bits per heavy atom. The number of nitrogens with one attached hydrogen (secondary N) is 2. The fourth-order valence-corrected chi connectivity index (χ4v) is 3.38. The van der Waals surface area contributed by atoms with E-state index in [1.54, 1.807) is 0 Å². The molecule has 0 atom stereocenters. The third-order valence-electron chi connectivity index (χ3n) is 4.97. The Labute approximate surface area is 171 Å². The summed E-state index contributed by atoms with van der Waals surface area (Å²) in [6, 6.07) is 14.6. The number of benzene rings is 2. The molecular formula is C22H28N4O3. The number of anilines is 1. The first kappa shape index (κ1) is 19.4. The molecule has 2 aliphatic rings. The smallest absolute Gasteiger partial charge is 0.231 e. The van der Waals surface area contributed by atoms with Gasteiger partial charge in [0.25, 0.3) is 0 Å². The molecule has 0 saturated carbocycles. The molecule has 2 heterocycles. The van der Waals surface area contributed by atoms with Gasteiger partial charge in [-0.1, -0.05) is 18.2 Å². The van der Waals surface area contributed by atoms with Crippen LogP contribution in [0.15, 0.2) is 47.5 Å². The molecule has 7 heteroatoms. The van der Waals surface area contributed by atoms with Gasteiger partial charge < -0.3 is 29.7 Å². The standard InChI is InChI=1S/C22H28N4O3/c1-2-23-22(25-15-18-5-8-20-21(13-18)29-16-28-20)24-14-17-3-6-19(7-4-17)26-9-11-27-12-10-26/h3-8,13H,2,9-12,14-16H2,1H3,(H2,23,24,25). The minimum absolute atomic E-state index is 0.288. The number of ether oxygens (including phenoxy) is 3. The highest BCUT2D eigenvalue weighted by Crippen LogP contribution is 2.32. The first-order valence-corrected chi connectivity index (χ1v) is 10.1. The Morgan fingerprint density at radius 2 is 1.72 bits per heavy atom. The van der Waals surface area contributed by atoms with Gasteiger partial charge in [-0.05, 0) is 42.3 Å². The second-order valence-corrected chi connectivity index (χ2v) is 7.00. The summed E-state index contributed by atoms with van der Waals surface area (Å²) in [6.45, 7) is 7.96. The van der Waals surface area contributed by atoms with Gasteiger partial charge in [0, 0.05) is 31.9 Å². The molecule has 154 valence electrons. The van der Waals surface area contributed by atoms with Gasteiger partial charge in [-0.25, -0.2) is 4.99 Å². The number of aliphatic imine (C=N–C) groups is 1. The van der Waals surface area contributed by atoms with Crippen molar-refractivity contribution in [1.29, 1.82) is 0 Å². The minimum atomic E-state index is 0.288. The van der Waals surface area contributed by atoms with Crippen molar-refractivity contribution in [3.05, 3.63) is 53.6 Å². The van der Waals surface area contributed by atoms with Crippen LogP contribution < -0.4 is 25.0 Å². The van der Waals surface area contributed by atoms with Crippen molar-refractivity contribution < 1.29 is 14.2 Å². The van der Waals surface area contributed by atoms with Crippen LogP contribution in [0.25, 0.3) is 0 Å². The van der Waals surface area contributed by atoms with Crippen LogP contribution >= 0.6 is 0 Å². The maximum Gasteiger partial charge on any atom is 0.231 e. The normalized spacial score (nSPS) is 16.0. The zero-order valence-electron chi connectivity index (χ0n) is 16.8. The van der Waals surface area contributed by atoms with Gasteiger partial charge in [-0.2, -0.15) is 0 Å². The fraction of sp³-hybridized carbons (Fsp3) is 0.409. The molecule has 0 unspecified atom stereocenters. The summed E-state index contributed by atoms with van der Waals surface area (Å²) < 4.78 is 16.2. The zero-order chi connectivity index (χ0) is 19.9. The molecule has 1 fully saturated rings. The van der Waals surface area contributed by atoms with Crippen LogP contribution in [0.1, 0.15) is 18.1 Å². The van der Waals surface area contributed by atoms with E-state index in [0.29, 0.717) is 6.54 Å². The summed E-state index contributed by atoms with van der Waals surface area (Å²) in [5.74, 6) is 2.38. The molecule has 2 aliphatic heterocycles. The fourth-order valence-electron chi connectivity index (χ4n) is 3.38. The first-order valence-electron chi connectivity index (χ1n) is 10.1. The molecule has 0 aliphatic carbocycles. The lowest BCUT2D eigenvalue weighted by molar-refractivity contribution is 0.122. The van der Waals surface area contributed by atoms with Crippen LogP contribution in [-0.2, 0) is 17.8 Å². The Balaban J connectivity index is 1.33. The van der Waals surface area contributed by atoms with Crippen molar-refractivity contribution >= 4 is 11.6 Å². The van der Waals surface area contributed by atoms with Crippen LogP contribution in [-0.4, -0.2) is 45.6 Å². The van der Waals surface area contributed by atoms with Crippen molar-refractivity contribution in [3.8, 4) is 11.5 Å². The molecular weight excluding hydrogens is 368 g/mol. The Kier molecular flexibility index (Phi) is 6.36. The lowest BCUT2D eigenvalue weighted by atomic mass is 10.2. The number of hydrogen-bond acceptors (Lipinski definition) is 5. The van der Waals surface area contributed by atoms with E-state index in [4.69, 9.17) is 19.2 Å². The van der Waals surface area contributed by atoms with E-state index in [1.165, 1.54) is 11.3 Å². The Hall–Kier alpha value is -2.93. The highest BCUT2D eigenvalue weighted by Gasteiger charge is 2.13. The molecule has 0 amide bonds. The van der Waals surface area contributed by atoms with E-state index in [2.05, 4.69) is 46.7 Å². The number of fused-ring (bicyclic) bond motifs is 1. The molecule has 2 aromatic carbocycles. The van der Waals surface area contributed by atoms with Gasteiger partial charge in [0.15, 0.2) is 17.5 Å². The van der Waals surface area contributed by atoms with Gasteiger partial charge in [-0.15, -0.1) is 0 Å². The second-order valence-electron chi connectivity index (χ2n) is 7.00. The topological polar surface area (TPSA) is 67.4 Å². The second kappa shape index (κ2) is 9.52. The SMILES string of the molecule is CCNC(=NCc1ccc2c(c1)OCO2)NCc1ccc(N2CCOCC2)cc1. The third-order valence-corrected chi connectivity index (χ3v) is 4.97. The number of hydrogen-bond donors (Lipinski definition) is 2. The van der Waals surface area contributed by atoms with E-state index >= 15 is 0 Å². The predicted molar refractivity (Wildman–Crippen MR) is 114 cm³/mol. The molecule has 2 N–H and O–H groups in total. The largest absolute Gasteiger partial charge is 0.454 e. The predicted octanol–water partition coefficient (Wildman–Crippen LogP) is 2.51. The summed E-state index contributed by atoms with van der Waals surface area (Å²) >= 11 is 0. The van der Waals surface area contributed by atoms with Crippen LogP contribution in [0.4, 0.5) is 5.69 Å². The van der Waals surface area contributed by atoms with Crippen LogP contribution in [0.3, 0.4) is 0 Å². The highest BCUT2D eigenvalue weighted by molar-refractivity contribution is 5.79. The molecule has 29 heavy (non-hydrogen) atoms. The van der Waals surface area contributed by atoms with Crippen molar-refractivity contribution in [2.45, 2.75) is 20.0 Å². The molecule has 1 saturated heterocycles. The number of nitrogens with zero attached hydrogens (tertiary/aromatic N) is 2. The van der Waals surface area contributed by atoms with E-state index in [-0.39, 0.29) is 6.79 Å². The summed E-state index contributed by atoms with van der Waals surface area (Å²) in [6.07, 6.45) is 0. The zero-order valence-corrected chi connectivity index (χ0v) is 16.8. The van der Waals surface area contributed by atoms with Crippen LogP contribution in [0, 0.1) is 0 Å². The van der Waals surface area contributed by atoms with E-state index in [9.17, 15) is 0 Å². The summed E-state index contributed by atoms with van der Waals surface area (Å²) in [4.78, 5) is 7.05. The molecule has 2 aromatic rings. The number of guanidine groups is 1. The van der Waals surface area contributed by atoms with E-state index in [0.717, 1.165) is 62.4 Å². The van der Waals surface area contributed by atoms with Gasteiger partial charge >= 0.3 is 0 Å². The summed E-state index contributed by atoms with van der Waals surface area (Å²) in [5.41, 5.74) is 3.55.